The van der Waals surface area contributed by atoms with Gasteiger partial charge in [0.15, 0.2) is 0 Å². The Labute approximate surface area is 179 Å². The summed E-state index contributed by atoms with van der Waals surface area (Å²) in [6, 6.07) is 9.90. The van der Waals surface area contributed by atoms with Crippen LogP contribution in [0, 0.1) is 5.82 Å². The zero-order chi connectivity index (χ0) is 22.1. The molecule has 2 aliphatic heterocycles. The zero-order valence-electron chi connectivity index (χ0n) is 17.2. The van der Waals surface area contributed by atoms with E-state index in [0.29, 0.717) is 34.0 Å². The highest BCUT2D eigenvalue weighted by molar-refractivity contribution is 6.11. The van der Waals surface area contributed by atoms with E-state index in [4.69, 9.17) is 9.47 Å². The first-order valence-corrected chi connectivity index (χ1v) is 9.69. The summed E-state index contributed by atoms with van der Waals surface area (Å²) in [5.41, 5.74) is 2.24. The van der Waals surface area contributed by atoms with Gasteiger partial charge < -0.3 is 19.7 Å². The van der Waals surface area contributed by atoms with E-state index in [1.165, 1.54) is 36.2 Å². The Bertz CT molecular complexity index is 1060. The van der Waals surface area contributed by atoms with Gasteiger partial charge in [0, 0.05) is 18.3 Å². The lowest BCUT2D eigenvalue weighted by Crippen LogP contribution is -2.47. The van der Waals surface area contributed by atoms with Gasteiger partial charge in [-0.05, 0) is 42.0 Å². The second kappa shape index (κ2) is 8.14. The van der Waals surface area contributed by atoms with Crippen molar-refractivity contribution in [1.29, 1.82) is 0 Å². The minimum Gasteiger partial charge on any atom is -0.497 e. The van der Waals surface area contributed by atoms with Crippen molar-refractivity contribution in [2.24, 2.45) is 0 Å². The van der Waals surface area contributed by atoms with Crippen molar-refractivity contribution < 1.29 is 23.5 Å². The van der Waals surface area contributed by atoms with Gasteiger partial charge in [0.2, 0.25) is 0 Å². The average Bonchev–Trinajstić information content (AvgIpc) is 3.12. The number of carbonyl (C=O) groups excluding carboxylic acids is 2. The number of nitrogens with zero attached hydrogens (tertiary/aromatic N) is 2. The molecule has 3 amide bonds. The molecule has 2 aromatic rings. The first-order valence-electron chi connectivity index (χ1n) is 9.69. The third-order valence-electron chi connectivity index (χ3n) is 5.38. The van der Waals surface area contributed by atoms with Gasteiger partial charge in [-0.15, -0.1) is 6.58 Å². The summed E-state index contributed by atoms with van der Waals surface area (Å²) in [5.74, 6) is 0.433. The largest absolute Gasteiger partial charge is 0.497 e. The fraction of sp³-hybridized carbons (Fsp3) is 0.217. The van der Waals surface area contributed by atoms with Crippen molar-refractivity contribution in [2.45, 2.75) is 6.04 Å². The minimum absolute atomic E-state index is 0.193. The number of nitrogens with one attached hydrogen (secondary N) is 1. The number of amides is 3. The number of hydrogen-bond acceptors (Lipinski definition) is 4. The zero-order valence-corrected chi connectivity index (χ0v) is 17.2. The Morgan fingerprint density at radius 3 is 2.35 bits per heavy atom. The fourth-order valence-corrected chi connectivity index (χ4v) is 3.89. The number of carbonyl (C=O) groups is 2. The van der Waals surface area contributed by atoms with Gasteiger partial charge in [0.25, 0.3) is 5.91 Å². The molecule has 0 aliphatic carbocycles. The maximum atomic E-state index is 13.5. The summed E-state index contributed by atoms with van der Waals surface area (Å²) in [7, 11) is 3.07. The van der Waals surface area contributed by atoms with Crippen molar-refractivity contribution in [1.82, 2.24) is 10.2 Å². The lowest BCUT2D eigenvalue weighted by atomic mass is 9.95. The van der Waals surface area contributed by atoms with Gasteiger partial charge >= 0.3 is 6.03 Å². The van der Waals surface area contributed by atoms with Crippen LogP contribution in [0.5, 0.6) is 11.5 Å². The third-order valence-corrected chi connectivity index (χ3v) is 5.38. The fourth-order valence-electron chi connectivity index (χ4n) is 3.89. The molecule has 1 atom stereocenters. The molecular formula is C23H22FN3O4. The van der Waals surface area contributed by atoms with E-state index in [9.17, 15) is 14.0 Å². The lowest BCUT2D eigenvalue weighted by Gasteiger charge is -2.33. The first kappa shape index (κ1) is 20.5. The predicted octanol–water partition coefficient (Wildman–Crippen LogP) is 3.40. The Balaban J connectivity index is 1.81. The second-order valence-corrected chi connectivity index (χ2v) is 7.16. The van der Waals surface area contributed by atoms with Crippen LogP contribution in [0.3, 0.4) is 0 Å². The SMILES string of the molecule is C=CCN1C(=O)NC(c2cc(OC)cc(OC)c2)C2=C1CN(c1ccc(F)cc1)C2=O. The first-order chi connectivity index (χ1) is 15.0. The molecule has 2 aromatic carbocycles. The highest BCUT2D eigenvalue weighted by Crippen LogP contribution is 2.39. The van der Waals surface area contributed by atoms with Crippen molar-refractivity contribution in [3.63, 3.8) is 0 Å². The summed E-state index contributed by atoms with van der Waals surface area (Å²) < 4.78 is 24.1. The Kier molecular flexibility index (Phi) is 5.37. The number of anilines is 1. The maximum absolute atomic E-state index is 13.5. The number of hydrogen-bond donors (Lipinski definition) is 1. The highest BCUT2D eigenvalue weighted by Gasteiger charge is 2.44. The highest BCUT2D eigenvalue weighted by atomic mass is 19.1. The second-order valence-electron chi connectivity index (χ2n) is 7.16. The number of urea groups is 1. The topological polar surface area (TPSA) is 71.1 Å². The van der Waals surface area contributed by atoms with Crippen LogP contribution in [-0.4, -0.2) is 44.1 Å². The number of halogens is 1. The van der Waals surface area contributed by atoms with Gasteiger partial charge in [-0.1, -0.05) is 6.08 Å². The van der Waals surface area contributed by atoms with Crippen molar-refractivity contribution >= 4 is 17.6 Å². The molecule has 160 valence electrons. The molecule has 7 nitrogen and oxygen atoms in total. The molecule has 8 heteroatoms. The normalized spacial score (nSPS) is 18.1. The molecule has 2 heterocycles. The molecule has 31 heavy (non-hydrogen) atoms. The van der Waals surface area contributed by atoms with Crippen LogP contribution in [0.2, 0.25) is 0 Å². The van der Waals surface area contributed by atoms with E-state index in [-0.39, 0.29) is 30.8 Å². The monoisotopic (exact) mass is 423 g/mol. The van der Waals surface area contributed by atoms with E-state index >= 15 is 0 Å². The summed E-state index contributed by atoms with van der Waals surface area (Å²) in [6.45, 7) is 4.16. The summed E-state index contributed by atoms with van der Waals surface area (Å²) in [4.78, 5) is 29.4. The molecule has 0 aromatic heterocycles. The molecule has 4 rings (SSSR count). The van der Waals surface area contributed by atoms with Crippen LogP contribution >= 0.6 is 0 Å². The Morgan fingerprint density at radius 1 is 1.13 bits per heavy atom. The smallest absolute Gasteiger partial charge is 0.322 e. The van der Waals surface area contributed by atoms with Crippen molar-refractivity contribution in [3.8, 4) is 11.5 Å². The van der Waals surface area contributed by atoms with Gasteiger partial charge in [0.05, 0.1) is 38.1 Å². The molecule has 2 aliphatic rings. The molecule has 0 saturated heterocycles. The van der Waals surface area contributed by atoms with Gasteiger partial charge in [-0.3, -0.25) is 9.69 Å². The van der Waals surface area contributed by atoms with Crippen LogP contribution in [-0.2, 0) is 4.79 Å². The van der Waals surface area contributed by atoms with Crippen LogP contribution in [0.4, 0.5) is 14.9 Å². The molecule has 1 unspecified atom stereocenters. The Morgan fingerprint density at radius 2 is 1.77 bits per heavy atom. The molecular weight excluding hydrogens is 401 g/mol. The van der Waals surface area contributed by atoms with E-state index in [1.807, 2.05) is 0 Å². The minimum atomic E-state index is -0.689. The lowest BCUT2D eigenvalue weighted by molar-refractivity contribution is -0.114. The number of methoxy groups -OCH3 is 2. The molecule has 0 saturated carbocycles. The van der Waals surface area contributed by atoms with Crippen molar-refractivity contribution in [2.75, 3.05) is 32.2 Å². The predicted molar refractivity (Wildman–Crippen MR) is 114 cm³/mol. The standard InChI is InChI=1S/C23H22FN3O4/c1-4-9-26-19-13-27(16-7-5-15(24)6-8-16)22(28)20(19)21(25-23(26)29)14-10-17(30-2)12-18(11-14)31-3/h4-8,10-12,21H,1,9,13H2,2-3H3,(H,25,29). The van der Waals surface area contributed by atoms with Crippen LogP contribution in [0.25, 0.3) is 0 Å². The van der Waals surface area contributed by atoms with Crippen LogP contribution in [0.1, 0.15) is 11.6 Å². The summed E-state index contributed by atoms with van der Waals surface area (Å²) in [6.07, 6.45) is 1.60. The third kappa shape index (κ3) is 3.61. The number of rotatable bonds is 6. The average molecular weight is 423 g/mol. The van der Waals surface area contributed by atoms with Gasteiger partial charge in [0.1, 0.15) is 17.3 Å². The number of benzene rings is 2. The molecule has 0 spiro atoms. The van der Waals surface area contributed by atoms with E-state index in [1.54, 1.807) is 36.4 Å². The Hall–Kier alpha value is -3.81. The van der Waals surface area contributed by atoms with Crippen LogP contribution in [0.15, 0.2) is 66.4 Å². The number of ether oxygens (including phenoxy) is 2. The summed E-state index contributed by atoms with van der Waals surface area (Å²) in [5, 5.41) is 2.92. The van der Waals surface area contributed by atoms with E-state index in [0.717, 1.165) is 0 Å². The quantitative estimate of drug-likeness (QED) is 0.723. The van der Waals surface area contributed by atoms with Crippen LogP contribution < -0.4 is 19.7 Å². The molecule has 1 N–H and O–H groups in total. The molecule has 0 radical (unpaired) electrons. The van der Waals surface area contributed by atoms with Crippen molar-refractivity contribution in [3.05, 3.63) is 77.8 Å². The van der Waals surface area contributed by atoms with E-state index in [2.05, 4.69) is 11.9 Å². The maximum Gasteiger partial charge on any atom is 0.322 e. The van der Waals surface area contributed by atoms with E-state index < -0.39 is 6.04 Å². The summed E-state index contributed by atoms with van der Waals surface area (Å²) >= 11 is 0. The van der Waals surface area contributed by atoms with Gasteiger partial charge in [-0.2, -0.15) is 0 Å². The van der Waals surface area contributed by atoms with Gasteiger partial charge in [-0.25, -0.2) is 9.18 Å². The molecule has 0 bridgehead atoms. The molecule has 0 fully saturated rings.